The molecule has 12 heavy (non-hydrogen) atoms. The first-order valence-corrected chi connectivity index (χ1v) is 7.47. The van der Waals surface area contributed by atoms with Crippen LogP contribution >= 0.6 is 0 Å². The molecule has 1 aromatic carbocycles. The molecule has 3 rings (SSSR count). The standard InChI is InChI=1S/C10H10Si2/c1-3-11-9-6-8-2-4-12-10(8)5-7(1)9/h1-6H,11-12H2. The van der Waals surface area contributed by atoms with Gasteiger partial charge in [0.2, 0.25) is 0 Å². The van der Waals surface area contributed by atoms with E-state index in [1.54, 1.807) is 10.4 Å². The fraction of sp³-hybridized carbons (Fsp3) is 0. The van der Waals surface area contributed by atoms with Gasteiger partial charge in [0.25, 0.3) is 0 Å². The molecule has 2 aliphatic heterocycles. The van der Waals surface area contributed by atoms with E-state index in [1.165, 1.54) is 11.1 Å². The van der Waals surface area contributed by atoms with Gasteiger partial charge in [0.05, 0.1) is 19.0 Å². The Bertz CT molecular complexity index is 363. The molecule has 0 spiro atoms. The van der Waals surface area contributed by atoms with E-state index in [2.05, 4.69) is 35.7 Å². The summed E-state index contributed by atoms with van der Waals surface area (Å²) in [6.07, 6.45) is 4.63. The summed E-state index contributed by atoms with van der Waals surface area (Å²) in [4.78, 5) is 0. The maximum absolute atomic E-state index is 2.42. The van der Waals surface area contributed by atoms with Crippen molar-refractivity contribution in [3.05, 3.63) is 34.7 Å². The molecule has 0 N–H and O–H groups in total. The van der Waals surface area contributed by atoms with E-state index in [-0.39, 0.29) is 19.0 Å². The Kier molecular flexibility index (Phi) is 1.28. The first kappa shape index (κ1) is 6.63. The summed E-state index contributed by atoms with van der Waals surface area (Å²) in [5.74, 6) is 0. The molecule has 0 fully saturated rings. The van der Waals surface area contributed by atoms with Crippen molar-refractivity contribution in [1.82, 2.24) is 0 Å². The summed E-state index contributed by atoms with van der Waals surface area (Å²) in [6.45, 7) is 0. The van der Waals surface area contributed by atoms with Crippen LogP contribution in [0.5, 0.6) is 0 Å². The SMILES string of the molecule is C1=Cc2cc3c(cc2[SiH2]1)C=C[SiH2]3. The lowest BCUT2D eigenvalue weighted by molar-refractivity contribution is 1.75. The third kappa shape index (κ3) is 0.821. The first-order chi connectivity index (χ1) is 5.93. The highest BCUT2D eigenvalue weighted by atomic mass is 28.2. The van der Waals surface area contributed by atoms with Gasteiger partial charge in [0.15, 0.2) is 0 Å². The Labute approximate surface area is 76.6 Å². The van der Waals surface area contributed by atoms with Gasteiger partial charge in [-0.1, -0.05) is 46.1 Å². The smallest absolute Gasteiger partial charge is 0.0791 e. The van der Waals surface area contributed by atoms with E-state index in [1.807, 2.05) is 0 Å². The topological polar surface area (TPSA) is 0 Å². The van der Waals surface area contributed by atoms with Crippen molar-refractivity contribution < 1.29 is 0 Å². The number of fused-ring (bicyclic) bond motifs is 2. The molecule has 58 valence electrons. The number of hydrogen-bond donors (Lipinski definition) is 0. The van der Waals surface area contributed by atoms with Crippen molar-refractivity contribution >= 4 is 41.6 Å². The maximum Gasteiger partial charge on any atom is 0.0791 e. The lowest BCUT2D eigenvalue weighted by atomic mass is 10.1. The minimum absolute atomic E-state index is 0.0264. The molecule has 0 bridgehead atoms. The number of benzene rings is 1. The molecule has 0 aliphatic carbocycles. The predicted octanol–water partition coefficient (Wildman–Crippen LogP) is -0.757. The summed E-state index contributed by atoms with van der Waals surface area (Å²) in [7, 11) is -0.0527. The van der Waals surface area contributed by atoms with E-state index in [0.29, 0.717) is 0 Å². The average Bonchev–Trinajstić information content (AvgIpc) is 2.64. The molecule has 0 aromatic heterocycles. The second-order valence-corrected chi connectivity index (χ2v) is 6.75. The van der Waals surface area contributed by atoms with Crippen LogP contribution in [0.1, 0.15) is 11.1 Å². The van der Waals surface area contributed by atoms with Crippen LogP contribution in [0, 0.1) is 0 Å². The van der Waals surface area contributed by atoms with Gasteiger partial charge < -0.3 is 0 Å². The Hall–Kier alpha value is -0.866. The molecule has 2 heteroatoms. The fourth-order valence-electron chi connectivity index (χ4n) is 2.02. The van der Waals surface area contributed by atoms with E-state index in [9.17, 15) is 0 Å². The van der Waals surface area contributed by atoms with Crippen LogP contribution in [0.4, 0.5) is 0 Å². The van der Waals surface area contributed by atoms with Crippen LogP contribution in [0.15, 0.2) is 23.5 Å². The Morgan fingerprint density at radius 3 is 1.75 bits per heavy atom. The fourth-order valence-corrected chi connectivity index (χ4v) is 4.86. The van der Waals surface area contributed by atoms with E-state index < -0.39 is 0 Å². The Morgan fingerprint density at radius 2 is 1.25 bits per heavy atom. The van der Waals surface area contributed by atoms with Gasteiger partial charge in [0.1, 0.15) is 0 Å². The van der Waals surface area contributed by atoms with E-state index >= 15 is 0 Å². The van der Waals surface area contributed by atoms with Crippen LogP contribution in [0.25, 0.3) is 12.2 Å². The van der Waals surface area contributed by atoms with E-state index in [4.69, 9.17) is 0 Å². The van der Waals surface area contributed by atoms with E-state index in [0.717, 1.165) is 0 Å². The lowest BCUT2D eigenvalue weighted by Gasteiger charge is -2.03. The highest BCUT2D eigenvalue weighted by Crippen LogP contribution is 2.10. The van der Waals surface area contributed by atoms with Crippen molar-refractivity contribution in [2.45, 2.75) is 0 Å². The quantitative estimate of drug-likeness (QED) is 0.468. The van der Waals surface area contributed by atoms with Gasteiger partial charge in [-0.15, -0.1) is 0 Å². The molecular formula is C10H10Si2. The average molecular weight is 186 g/mol. The van der Waals surface area contributed by atoms with Crippen LogP contribution in [-0.4, -0.2) is 19.0 Å². The molecular weight excluding hydrogens is 176 g/mol. The van der Waals surface area contributed by atoms with Gasteiger partial charge in [-0.25, -0.2) is 0 Å². The Balaban J connectivity index is 2.26. The highest BCUT2D eigenvalue weighted by molar-refractivity contribution is 6.65. The van der Waals surface area contributed by atoms with Crippen LogP contribution in [0.3, 0.4) is 0 Å². The molecule has 0 amide bonds. The van der Waals surface area contributed by atoms with Crippen molar-refractivity contribution in [3.63, 3.8) is 0 Å². The van der Waals surface area contributed by atoms with Crippen molar-refractivity contribution in [3.8, 4) is 0 Å². The van der Waals surface area contributed by atoms with Gasteiger partial charge in [0, 0.05) is 0 Å². The van der Waals surface area contributed by atoms with Crippen molar-refractivity contribution in [2.75, 3.05) is 0 Å². The summed E-state index contributed by atoms with van der Waals surface area (Å²) >= 11 is 0. The zero-order valence-corrected chi connectivity index (χ0v) is 9.71. The van der Waals surface area contributed by atoms with Gasteiger partial charge in [-0.05, 0) is 11.1 Å². The maximum atomic E-state index is 2.42. The molecule has 0 nitrogen and oxygen atoms in total. The second kappa shape index (κ2) is 2.31. The molecule has 2 aliphatic rings. The normalized spacial score (nSPS) is 20.7. The third-order valence-electron chi connectivity index (χ3n) is 2.67. The van der Waals surface area contributed by atoms with Crippen LogP contribution < -0.4 is 10.4 Å². The number of hydrogen-bond acceptors (Lipinski definition) is 0. The predicted molar refractivity (Wildman–Crippen MR) is 60.9 cm³/mol. The summed E-state index contributed by atoms with van der Waals surface area (Å²) < 4.78 is 0. The monoisotopic (exact) mass is 186 g/mol. The third-order valence-corrected chi connectivity index (χ3v) is 5.72. The minimum Gasteiger partial charge on any atom is -0.0955 e. The molecule has 0 unspecified atom stereocenters. The number of rotatable bonds is 0. The van der Waals surface area contributed by atoms with Crippen molar-refractivity contribution in [1.29, 1.82) is 0 Å². The van der Waals surface area contributed by atoms with Crippen LogP contribution in [-0.2, 0) is 0 Å². The lowest BCUT2D eigenvalue weighted by Crippen LogP contribution is -2.20. The second-order valence-electron chi connectivity index (χ2n) is 3.46. The van der Waals surface area contributed by atoms with Gasteiger partial charge >= 0.3 is 0 Å². The minimum atomic E-state index is -0.0264. The first-order valence-electron chi connectivity index (χ1n) is 4.42. The molecule has 0 saturated heterocycles. The molecule has 0 atom stereocenters. The molecule has 0 saturated carbocycles. The largest absolute Gasteiger partial charge is 0.0955 e. The summed E-state index contributed by atoms with van der Waals surface area (Å²) in [5.41, 5.74) is 7.84. The summed E-state index contributed by atoms with van der Waals surface area (Å²) in [6, 6.07) is 4.85. The Morgan fingerprint density at radius 1 is 0.750 bits per heavy atom. The molecule has 1 aromatic rings. The molecule has 2 heterocycles. The zero-order valence-electron chi connectivity index (χ0n) is 6.88. The summed E-state index contributed by atoms with van der Waals surface area (Å²) in [5, 5.41) is 3.30. The van der Waals surface area contributed by atoms with Gasteiger partial charge in [-0.3, -0.25) is 0 Å². The van der Waals surface area contributed by atoms with Crippen LogP contribution in [0.2, 0.25) is 0 Å². The zero-order chi connectivity index (χ0) is 7.97. The van der Waals surface area contributed by atoms with Gasteiger partial charge in [-0.2, -0.15) is 0 Å². The van der Waals surface area contributed by atoms with Crippen molar-refractivity contribution in [2.24, 2.45) is 0 Å². The highest BCUT2D eigenvalue weighted by Gasteiger charge is 2.11. The molecule has 0 radical (unpaired) electrons.